The van der Waals surface area contributed by atoms with E-state index in [0.29, 0.717) is 5.69 Å². The molecule has 0 spiro atoms. The Balaban J connectivity index is 2.02. The summed E-state index contributed by atoms with van der Waals surface area (Å²) in [5.74, 6) is -1.09. The number of sulfone groups is 1. The Labute approximate surface area is 127 Å². The van der Waals surface area contributed by atoms with Gasteiger partial charge in [0, 0.05) is 12.4 Å². The lowest BCUT2D eigenvalue weighted by atomic mass is 10.2. The van der Waals surface area contributed by atoms with Crippen LogP contribution < -0.4 is 5.32 Å². The topological polar surface area (TPSA) is 89.0 Å². The fourth-order valence-corrected chi connectivity index (χ4v) is 2.50. The van der Waals surface area contributed by atoms with Gasteiger partial charge in [-0.25, -0.2) is 12.8 Å². The molecule has 1 N–H and O–H groups in total. The molecule has 1 amide bonds. The van der Waals surface area contributed by atoms with Crippen LogP contribution in [0.1, 0.15) is 23.0 Å². The van der Waals surface area contributed by atoms with Crippen molar-refractivity contribution in [2.75, 3.05) is 5.75 Å². The number of nitrogens with zero attached hydrogens (tertiary/aromatic N) is 2. The number of amides is 1. The molecule has 0 fully saturated rings. The van der Waals surface area contributed by atoms with E-state index in [1.165, 1.54) is 24.5 Å². The number of carbonyl (C=O) groups excluding carboxylic acids is 1. The predicted molar refractivity (Wildman–Crippen MR) is 77.3 cm³/mol. The first-order valence-electron chi connectivity index (χ1n) is 6.49. The number of hydrogen-bond acceptors (Lipinski definition) is 5. The fraction of sp³-hybridized carbons (Fsp3) is 0.214. The molecule has 0 aliphatic rings. The fourth-order valence-electron chi connectivity index (χ4n) is 1.68. The summed E-state index contributed by atoms with van der Waals surface area (Å²) in [5, 5.41) is 2.56. The van der Waals surface area contributed by atoms with Gasteiger partial charge in [-0.1, -0.05) is 6.92 Å². The molecule has 0 aliphatic heterocycles. The molecule has 0 saturated heterocycles. The van der Waals surface area contributed by atoms with Crippen molar-refractivity contribution in [3.8, 4) is 0 Å². The maximum atomic E-state index is 13.0. The highest BCUT2D eigenvalue weighted by molar-refractivity contribution is 7.91. The molecule has 8 heteroatoms. The second kappa shape index (κ2) is 6.61. The summed E-state index contributed by atoms with van der Waals surface area (Å²) < 4.78 is 36.3. The lowest BCUT2D eigenvalue weighted by molar-refractivity contribution is 0.0949. The first-order valence-corrected chi connectivity index (χ1v) is 8.14. The van der Waals surface area contributed by atoms with Gasteiger partial charge in [-0.05, 0) is 18.2 Å². The minimum Gasteiger partial charge on any atom is -0.346 e. The van der Waals surface area contributed by atoms with Crippen molar-refractivity contribution in [3.05, 3.63) is 53.9 Å². The van der Waals surface area contributed by atoms with Gasteiger partial charge in [-0.15, -0.1) is 0 Å². The molecule has 0 aliphatic carbocycles. The summed E-state index contributed by atoms with van der Waals surface area (Å²) in [6, 6.07) is 4.04. The number of halogens is 1. The number of hydrogen-bond donors (Lipinski definition) is 1. The standard InChI is InChI=1S/C14H14FN3O3S/c1-2-22(20,21)13-4-3-12(17-9-13)8-18-14(19)10-5-11(15)7-16-6-10/h3-7,9H,2,8H2,1H3,(H,18,19). The van der Waals surface area contributed by atoms with Gasteiger partial charge in [-0.2, -0.15) is 0 Å². The molecule has 2 aromatic heterocycles. The largest absolute Gasteiger partial charge is 0.346 e. The molecule has 2 rings (SSSR count). The second-order valence-corrected chi connectivity index (χ2v) is 6.74. The van der Waals surface area contributed by atoms with E-state index in [9.17, 15) is 17.6 Å². The lowest BCUT2D eigenvalue weighted by Gasteiger charge is -2.06. The SMILES string of the molecule is CCS(=O)(=O)c1ccc(CNC(=O)c2cncc(F)c2)nc1. The number of carbonyl (C=O) groups is 1. The summed E-state index contributed by atoms with van der Waals surface area (Å²) in [5.41, 5.74) is 0.595. The Morgan fingerprint density at radius 2 is 2.05 bits per heavy atom. The molecule has 0 unspecified atom stereocenters. The van der Waals surface area contributed by atoms with Crippen LogP contribution in [0, 0.1) is 5.82 Å². The Bertz CT molecular complexity index is 776. The van der Waals surface area contributed by atoms with Crippen LogP contribution in [-0.2, 0) is 16.4 Å². The van der Waals surface area contributed by atoms with Gasteiger partial charge in [0.25, 0.3) is 5.91 Å². The van der Waals surface area contributed by atoms with E-state index in [4.69, 9.17) is 0 Å². The Hall–Kier alpha value is -2.35. The molecule has 0 saturated carbocycles. The summed E-state index contributed by atoms with van der Waals surface area (Å²) in [6.45, 7) is 1.65. The van der Waals surface area contributed by atoms with Crippen LogP contribution in [0.5, 0.6) is 0 Å². The molecule has 0 atom stereocenters. The average molecular weight is 323 g/mol. The lowest BCUT2D eigenvalue weighted by Crippen LogP contribution is -2.23. The van der Waals surface area contributed by atoms with Gasteiger partial charge in [-0.3, -0.25) is 14.8 Å². The minimum atomic E-state index is -3.29. The van der Waals surface area contributed by atoms with E-state index < -0.39 is 21.6 Å². The van der Waals surface area contributed by atoms with Crippen LogP contribution in [0.3, 0.4) is 0 Å². The first-order chi connectivity index (χ1) is 10.4. The monoisotopic (exact) mass is 323 g/mol. The quantitative estimate of drug-likeness (QED) is 0.897. The van der Waals surface area contributed by atoms with Gasteiger partial charge in [0.2, 0.25) is 0 Å². The summed E-state index contributed by atoms with van der Waals surface area (Å²) >= 11 is 0. The maximum absolute atomic E-state index is 13.0. The van der Waals surface area contributed by atoms with E-state index in [0.717, 1.165) is 12.3 Å². The van der Waals surface area contributed by atoms with Crippen LogP contribution in [-0.4, -0.2) is 30.0 Å². The van der Waals surface area contributed by atoms with E-state index in [2.05, 4.69) is 15.3 Å². The van der Waals surface area contributed by atoms with Crippen LogP contribution in [0.25, 0.3) is 0 Å². The van der Waals surface area contributed by atoms with Gasteiger partial charge >= 0.3 is 0 Å². The number of pyridine rings is 2. The summed E-state index contributed by atoms with van der Waals surface area (Å²) in [7, 11) is -3.29. The molecule has 0 aromatic carbocycles. The third-order valence-electron chi connectivity index (χ3n) is 2.93. The zero-order valence-electron chi connectivity index (χ0n) is 11.8. The van der Waals surface area contributed by atoms with Gasteiger partial charge < -0.3 is 5.32 Å². The van der Waals surface area contributed by atoms with E-state index in [1.54, 1.807) is 6.92 Å². The van der Waals surface area contributed by atoms with E-state index in [1.807, 2.05) is 0 Å². The van der Waals surface area contributed by atoms with Crippen molar-refractivity contribution in [2.45, 2.75) is 18.4 Å². The highest BCUT2D eigenvalue weighted by Gasteiger charge is 2.12. The number of rotatable bonds is 5. The van der Waals surface area contributed by atoms with Gasteiger partial charge in [0.1, 0.15) is 5.82 Å². The molecule has 2 aromatic rings. The molecule has 0 radical (unpaired) electrons. The average Bonchev–Trinajstić information content (AvgIpc) is 2.53. The minimum absolute atomic E-state index is 0.00264. The third-order valence-corrected chi connectivity index (χ3v) is 4.65. The zero-order valence-corrected chi connectivity index (χ0v) is 12.6. The van der Waals surface area contributed by atoms with Crippen molar-refractivity contribution in [3.63, 3.8) is 0 Å². The molecular formula is C14H14FN3O3S. The van der Waals surface area contributed by atoms with Gasteiger partial charge in [0.15, 0.2) is 9.84 Å². The van der Waals surface area contributed by atoms with Crippen LogP contribution >= 0.6 is 0 Å². The number of nitrogens with one attached hydrogen (secondary N) is 1. The van der Waals surface area contributed by atoms with Crippen molar-refractivity contribution >= 4 is 15.7 Å². The summed E-state index contributed by atoms with van der Waals surface area (Å²) in [4.78, 5) is 19.5. The van der Waals surface area contributed by atoms with E-state index >= 15 is 0 Å². The highest BCUT2D eigenvalue weighted by atomic mass is 32.2. The van der Waals surface area contributed by atoms with Crippen LogP contribution in [0.4, 0.5) is 4.39 Å². The van der Waals surface area contributed by atoms with Crippen molar-refractivity contribution in [1.29, 1.82) is 0 Å². The molecule has 2 heterocycles. The first kappa shape index (κ1) is 16.0. The van der Waals surface area contributed by atoms with Crippen molar-refractivity contribution < 1.29 is 17.6 Å². The normalized spacial score (nSPS) is 11.2. The number of aromatic nitrogens is 2. The van der Waals surface area contributed by atoms with Crippen molar-refractivity contribution in [1.82, 2.24) is 15.3 Å². The molecule has 22 heavy (non-hydrogen) atoms. The Morgan fingerprint density at radius 3 is 2.64 bits per heavy atom. The zero-order chi connectivity index (χ0) is 16.2. The van der Waals surface area contributed by atoms with Crippen LogP contribution in [0.15, 0.2) is 41.7 Å². The van der Waals surface area contributed by atoms with Crippen LogP contribution in [0.2, 0.25) is 0 Å². The molecule has 116 valence electrons. The van der Waals surface area contributed by atoms with Crippen molar-refractivity contribution in [2.24, 2.45) is 0 Å². The Morgan fingerprint density at radius 1 is 1.27 bits per heavy atom. The van der Waals surface area contributed by atoms with E-state index in [-0.39, 0.29) is 22.8 Å². The smallest absolute Gasteiger partial charge is 0.253 e. The molecule has 6 nitrogen and oxygen atoms in total. The predicted octanol–water partition coefficient (Wildman–Crippen LogP) is 1.34. The summed E-state index contributed by atoms with van der Waals surface area (Å²) in [6.07, 6.45) is 3.51. The highest BCUT2D eigenvalue weighted by Crippen LogP contribution is 2.10. The maximum Gasteiger partial charge on any atom is 0.253 e. The second-order valence-electron chi connectivity index (χ2n) is 4.46. The Kier molecular flexibility index (Phi) is 4.81. The third kappa shape index (κ3) is 3.85. The molecule has 0 bridgehead atoms. The molecular weight excluding hydrogens is 309 g/mol. The van der Waals surface area contributed by atoms with Gasteiger partial charge in [0.05, 0.1) is 34.6 Å².